The van der Waals surface area contributed by atoms with Crippen LogP contribution in [0, 0.1) is 12.8 Å². The van der Waals surface area contributed by atoms with E-state index in [1.54, 1.807) is 6.20 Å². The number of aliphatic hydroxyl groups is 1. The van der Waals surface area contributed by atoms with Crippen LogP contribution >= 0.6 is 0 Å². The van der Waals surface area contributed by atoms with Gasteiger partial charge in [0.2, 0.25) is 5.95 Å². The average Bonchev–Trinajstić information content (AvgIpc) is 2.63. The first-order chi connectivity index (χ1) is 8.74. The fourth-order valence-corrected chi connectivity index (χ4v) is 2.56. The van der Waals surface area contributed by atoms with Crippen molar-refractivity contribution in [3.05, 3.63) is 17.5 Å². The largest absolute Gasteiger partial charge is 0.392 e. The molecule has 1 saturated heterocycles. The Balaban J connectivity index is 2.09. The average molecular weight is 249 g/mol. The lowest BCUT2D eigenvalue weighted by atomic mass is 9.98. The summed E-state index contributed by atoms with van der Waals surface area (Å²) >= 11 is 0. The summed E-state index contributed by atoms with van der Waals surface area (Å²) in [5.74, 6) is 1.68. The van der Waals surface area contributed by atoms with Gasteiger partial charge in [-0.3, -0.25) is 0 Å². The molecule has 1 aliphatic heterocycles. The molecular weight excluding hydrogens is 226 g/mol. The van der Waals surface area contributed by atoms with Crippen LogP contribution in [0.15, 0.2) is 6.20 Å². The van der Waals surface area contributed by atoms with E-state index < -0.39 is 0 Å². The predicted molar refractivity (Wildman–Crippen MR) is 72.5 cm³/mol. The van der Waals surface area contributed by atoms with Crippen molar-refractivity contribution < 1.29 is 5.11 Å². The summed E-state index contributed by atoms with van der Waals surface area (Å²) in [6.07, 6.45) is 6.81. The van der Waals surface area contributed by atoms with Crippen LogP contribution in [0.5, 0.6) is 0 Å². The van der Waals surface area contributed by atoms with Crippen LogP contribution in [-0.2, 0) is 6.61 Å². The van der Waals surface area contributed by atoms with E-state index in [1.807, 2.05) is 6.92 Å². The zero-order valence-electron chi connectivity index (χ0n) is 11.4. The molecule has 1 aromatic rings. The molecule has 0 bridgehead atoms. The van der Waals surface area contributed by atoms with Gasteiger partial charge in [-0.15, -0.1) is 0 Å². The highest BCUT2D eigenvalue weighted by Gasteiger charge is 2.18. The Labute approximate surface area is 109 Å². The quantitative estimate of drug-likeness (QED) is 0.893. The Bertz CT molecular complexity index is 395. The molecule has 4 heteroatoms. The van der Waals surface area contributed by atoms with Crippen molar-refractivity contribution in [1.82, 2.24) is 9.97 Å². The lowest BCUT2D eigenvalue weighted by Gasteiger charge is -2.21. The summed E-state index contributed by atoms with van der Waals surface area (Å²) in [7, 11) is 0. The monoisotopic (exact) mass is 249 g/mol. The zero-order chi connectivity index (χ0) is 13.0. The Morgan fingerprint density at radius 3 is 2.89 bits per heavy atom. The summed E-state index contributed by atoms with van der Waals surface area (Å²) in [5, 5.41) is 9.14. The SMILES string of the molecule is CCC1CCCN(c2ncc(CO)c(C)n2)CC1. The molecule has 1 aliphatic rings. The van der Waals surface area contributed by atoms with Crippen LogP contribution in [0.1, 0.15) is 43.9 Å². The molecular formula is C14H23N3O. The number of hydrogen-bond acceptors (Lipinski definition) is 4. The normalized spacial score (nSPS) is 20.8. The minimum absolute atomic E-state index is 0.0179. The molecule has 0 spiro atoms. The summed E-state index contributed by atoms with van der Waals surface area (Å²) in [6.45, 7) is 6.33. The third kappa shape index (κ3) is 2.99. The van der Waals surface area contributed by atoms with Crippen LogP contribution in [0.4, 0.5) is 5.95 Å². The van der Waals surface area contributed by atoms with Crippen molar-refractivity contribution in [3.8, 4) is 0 Å². The standard InChI is InChI=1S/C14H23N3O/c1-3-12-5-4-7-17(8-6-12)14-15-9-13(10-18)11(2)16-14/h9,12,18H,3-8,10H2,1-2H3. The minimum Gasteiger partial charge on any atom is -0.392 e. The number of anilines is 1. The fourth-order valence-electron chi connectivity index (χ4n) is 2.56. The molecule has 1 N–H and O–H groups in total. The van der Waals surface area contributed by atoms with E-state index >= 15 is 0 Å². The highest BCUT2D eigenvalue weighted by molar-refractivity contribution is 5.32. The number of rotatable bonds is 3. The summed E-state index contributed by atoms with van der Waals surface area (Å²) in [5.41, 5.74) is 1.71. The molecule has 1 aromatic heterocycles. The Kier molecular flexibility index (Phi) is 4.53. The molecule has 100 valence electrons. The lowest BCUT2D eigenvalue weighted by molar-refractivity contribution is 0.280. The smallest absolute Gasteiger partial charge is 0.225 e. The van der Waals surface area contributed by atoms with Gasteiger partial charge in [0, 0.05) is 30.5 Å². The summed E-state index contributed by atoms with van der Waals surface area (Å²) in [6, 6.07) is 0. The van der Waals surface area contributed by atoms with Gasteiger partial charge < -0.3 is 10.0 Å². The number of aliphatic hydroxyl groups excluding tert-OH is 1. The number of nitrogens with zero attached hydrogens (tertiary/aromatic N) is 3. The maximum Gasteiger partial charge on any atom is 0.225 e. The molecule has 1 atom stereocenters. The lowest BCUT2D eigenvalue weighted by Crippen LogP contribution is -2.26. The molecule has 18 heavy (non-hydrogen) atoms. The minimum atomic E-state index is 0.0179. The molecule has 0 aromatic carbocycles. The molecule has 2 rings (SSSR count). The molecule has 1 fully saturated rings. The van der Waals surface area contributed by atoms with E-state index in [-0.39, 0.29) is 6.61 Å². The fraction of sp³-hybridized carbons (Fsp3) is 0.714. The molecule has 0 saturated carbocycles. The van der Waals surface area contributed by atoms with Gasteiger partial charge in [-0.25, -0.2) is 9.97 Å². The molecule has 4 nitrogen and oxygen atoms in total. The van der Waals surface area contributed by atoms with E-state index in [9.17, 15) is 0 Å². The molecule has 0 amide bonds. The second-order valence-electron chi connectivity index (χ2n) is 5.13. The van der Waals surface area contributed by atoms with Gasteiger partial charge in [0.15, 0.2) is 0 Å². The van der Waals surface area contributed by atoms with E-state index in [0.717, 1.165) is 36.2 Å². The van der Waals surface area contributed by atoms with Crippen LogP contribution in [-0.4, -0.2) is 28.2 Å². The molecule has 0 aliphatic carbocycles. The van der Waals surface area contributed by atoms with Gasteiger partial charge in [-0.1, -0.05) is 13.3 Å². The number of aromatic nitrogens is 2. The van der Waals surface area contributed by atoms with Crippen molar-refractivity contribution in [2.45, 2.75) is 46.1 Å². The second kappa shape index (κ2) is 6.14. The number of hydrogen-bond donors (Lipinski definition) is 1. The summed E-state index contributed by atoms with van der Waals surface area (Å²) in [4.78, 5) is 11.2. The van der Waals surface area contributed by atoms with Crippen molar-refractivity contribution in [2.24, 2.45) is 5.92 Å². The Morgan fingerprint density at radius 2 is 2.22 bits per heavy atom. The third-order valence-corrected chi connectivity index (χ3v) is 3.95. The first-order valence-electron chi connectivity index (χ1n) is 6.93. The predicted octanol–water partition coefficient (Wildman–Crippen LogP) is 2.29. The van der Waals surface area contributed by atoms with Crippen molar-refractivity contribution in [2.75, 3.05) is 18.0 Å². The van der Waals surface area contributed by atoms with Crippen LogP contribution in [0.25, 0.3) is 0 Å². The molecule has 1 unspecified atom stereocenters. The van der Waals surface area contributed by atoms with Crippen LogP contribution < -0.4 is 4.90 Å². The van der Waals surface area contributed by atoms with E-state index in [0.29, 0.717) is 0 Å². The summed E-state index contributed by atoms with van der Waals surface area (Å²) < 4.78 is 0. The van der Waals surface area contributed by atoms with E-state index in [4.69, 9.17) is 5.11 Å². The highest BCUT2D eigenvalue weighted by Crippen LogP contribution is 2.22. The number of aryl methyl sites for hydroxylation is 1. The van der Waals surface area contributed by atoms with Gasteiger partial charge in [-0.05, 0) is 32.1 Å². The zero-order valence-corrected chi connectivity index (χ0v) is 11.4. The van der Waals surface area contributed by atoms with Gasteiger partial charge in [-0.2, -0.15) is 0 Å². The first-order valence-corrected chi connectivity index (χ1v) is 6.93. The van der Waals surface area contributed by atoms with Crippen molar-refractivity contribution in [3.63, 3.8) is 0 Å². The highest BCUT2D eigenvalue weighted by atomic mass is 16.3. The maximum atomic E-state index is 9.14. The van der Waals surface area contributed by atoms with Crippen molar-refractivity contribution >= 4 is 5.95 Å². The second-order valence-corrected chi connectivity index (χ2v) is 5.13. The molecule has 2 heterocycles. The van der Waals surface area contributed by atoms with E-state index in [1.165, 1.54) is 25.7 Å². The maximum absolute atomic E-state index is 9.14. The van der Waals surface area contributed by atoms with Gasteiger partial charge in [0.1, 0.15) is 0 Å². The van der Waals surface area contributed by atoms with Crippen molar-refractivity contribution in [1.29, 1.82) is 0 Å². The van der Waals surface area contributed by atoms with Gasteiger partial charge in [0.05, 0.1) is 6.61 Å². The Hall–Kier alpha value is -1.16. The van der Waals surface area contributed by atoms with Crippen LogP contribution in [0.2, 0.25) is 0 Å². The van der Waals surface area contributed by atoms with Gasteiger partial charge >= 0.3 is 0 Å². The topological polar surface area (TPSA) is 49.2 Å². The van der Waals surface area contributed by atoms with Gasteiger partial charge in [0.25, 0.3) is 0 Å². The van der Waals surface area contributed by atoms with Crippen LogP contribution in [0.3, 0.4) is 0 Å². The van der Waals surface area contributed by atoms with E-state index in [2.05, 4.69) is 21.8 Å². The third-order valence-electron chi connectivity index (χ3n) is 3.95. The Morgan fingerprint density at radius 1 is 1.39 bits per heavy atom. The first kappa shape index (κ1) is 13.3. The molecule has 0 radical (unpaired) electrons.